The van der Waals surface area contributed by atoms with Gasteiger partial charge in [-0.05, 0) is 48.4 Å². The third-order valence-electron chi connectivity index (χ3n) is 3.55. The van der Waals surface area contributed by atoms with E-state index in [0.29, 0.717) is 0 Å². The molecule has 0 bridgehead atoms. The summed E-state index contributed by atoms with van der Waals surface area (Å²) in [4.78, 5) is 4.06. The Morgan fingerprint density at radius 1 is 1.15 bits per heavy atom. The molecular weight excluding hydrogens is 251 g/mol. The molecule has 2 atom stereocenters. The Balaban J connectivity index is 2.27. The van der Waals surface area contributed by atoms with Crippen LogP contribution in [0.5, 0.6) is 0 Å². The Morgan fingerprint density at radius 3 is 2.55 bits per heavy atom. The molecule has 3 heteroatoms. The van der Waals surface area contributed by atoms with Crippen molar-refractivity contribution in [1.82, 2.24) is 10.3 Å². The Morgan fingerprint density at radius 2 is 1.90 bits per heavy atom. The van der Waals surface area contributed by atoms with Crippen molar-refractivity contribution < 1.29 is 4.39 Å². The molecule has 0 spiro atoms. The molecule has 0 amide bonds. The molecule has 0 saturated heterocycles. The van der Waals surface area contributed by atoms with Crippen molar-refractivity contribution in [2.24, 2.45) is 0 Å². The Kier molecular flexibility index (Phi) is 5.24. The van der Waals surface area contributed by atoms with Crippen LogP contribution in [0.3, 0.4) is 0 Å². The standard InChI is InChI=1S/C17H21FN2/c1-3-9-20-17(15-5-4-6-16(18)12-15)13(2)14-7-10-19-11-8-14/h4-8,10-13,17,20H,3,9H2,1-2H3. The number of nitrogens with zero attached hydrogens (tertiary/aromatic N) is 1. The Bertz CT molecular complexity index is 528. The van der Waals surface area contributed by atoms with Gasteiger partial charge in [0.2, 0.25) is 0 Å². The van der Waals surface area contributed by atoms with Gasteiger partial charge in [-0.3, -0.25) is 4.98 Å². The second-order valence-corrected chi connectivity index (χ2v) is 5.06. The number of halogens is 1. The maximum absolute atomic E-state index is 13.5. The van der Waals surface area contributed by atoms with Crippen LogP contribution in [0.2, 0.25) is 0 Å². The SMILES string of the molecule is CCCNC(c1cccc(F)c1)C(C)c1ccncc1. The van der Waals surface area contributed by atoms with Crippen LogP contribution in [0, 0.1) is 5.82 Å². The molecule has 0 radical (unpaired) electrons. The summed E-state index contributed by atoms with van der Waals surface area (Å²) in [6.45, 7) is 5.21. The van der Waals surface area contributed by atoms with E-state index in [9.17, 15) is 4.39 Å². The average molecular weight is 272 g/mol. The molecule has 2 aromatic rings. The maximum Gasteiger partial charge on any atom is 0.123 e. The molecule has 0 fully saturated rings. The number of nitrogens with one attached hydrogen (secondary N) is 1. The molecule has 1 aromatic heterocycles. The van der Waals surface area contributed by atoms with E-state index in [4.69, 9.17) is 0 Å². The number of aromatic nitrogens is 1. The van der Waals surface area contributed by atoms with Gasteiger partial charge in [0.25, 0.3) is 0 Å². The lowest BCUT2D eigenvalue weighted by Gasteiger charge is -2.26. The van der Waals surface area contributed by atoms with Crippen molar-refractivity contribution in [3.8, 4) is 0 Å². The second kappa shape index (κ2) is 7.15. The number of hydrogen-bond acceptors (Lipinski definition) is 2. The monoisotopic (exact) mass is 272 g/mol. The van der Waals surface area contributed by atoms with Gasteiger partial charge < -0.3 is 5.32 Å². The molecule has 0 aliphatic carbocycles. The molecular formula is C17H21FN2. The smallest absolute Gasteiger partial charge is 0.123 e. The average Bonchev–Trinajstić information content (AvgIpc) is 2.48. The summed E-state index contributed by atoms with van der Waals surface area (Å²) in [5, 5.41) is 3.52. The first-order chi connectivity index (χ1) is 9.72. The van der Waals surface area contributed by atoms with Crippen LogP contribution >= 0.6 is 0 Å². The molecule has 2 nitrogen and oxygen atoms in total. The highest BCUT2D eigenvalue weighted by Gasteiger charge is 2.20. The van der Waals surface area contributed by atoms with Crippen LogP contribution in [-0.4, -0.2) is 11.5 Å². The Labute approximate surface area is 120 Å². The summed E-state index contributed by atoms with van der Waals surface area (Å²) >= 11 is 0. The van der Waals surface area contributed by atoms with Gasteiger partial charge in [-0.25, -0.2) is 4.39 Å². The van der Waals surface area contributed by atoms with Crippen molar-refractivity contribution >= 4 is 0 Å². The van der Waals surface area contributed by atoms with E-state index in [-0.39, 0.29) is 17.8 Å². The molecule has 2 unspecified atom stereocenters. The normalized spacial score (nSPS) is 13.9. The molecule has 106 valence electrons. The number of benzene rings is 1. The van der Waals surface area contributed by atoms with Gasteiger partial charge in [-0.1, -0.05) is 26.0 Å². The van der Waals surface area contributed by atoms with Gasteiger partial charge in [0.1, 0.15) is 5.82 Å². The number of rotatable bonds is 6. The maximum atomic E-state index is 13.5. The first kappa shape index (κ1) is 14.7. The summed E-state index contributed by atoms with van der Waals surface area (Å²) in [5.74, 6) is 0.0686. The minimum absolute atomic E-state index is 0.105. The summed E-state index contributed by atoms with van der Waals surface area (Å²) in [6, 6.07) is 11.0. The first-order valence-electron chi connectivity index (χ1n) is 7.11. The van der Waals surface area contributed by atoms with E-state index < -0.39 is 0 Å². The molecule has 1 aromatic carbocycles. The van der Waals surface area contributed by atoms with Crippen molar-refractivity contribution in [2.45, 2.75) is 32.2 Å². The zero-order chi connectivity index (χ0) is 14.4. The lowest BCUT2D eigenvalue weighted by molar-refractivity contribution is 0.463. The highest BCUT2D eigenvalue weighted by molar-refractivity contribution is 5.26. The molecule has 0 aliphatic heterocycles. The van der Waals surface area contributed by atoms with Gasteiger partial charge in [0.05, 0.1) is 0 Å². The second-order valence-electron chi connectivity index (χ2n) is 5.06. The van der Waals surface area contributed by atoms with Gasteiger partial charge >= 0.3 is 0 Å². The number of hydrogen-bond donors (Lipinski definition) is 1. The minimum atomic E-state index is -0.187. The van der Waals surface area contributed by atoms with E-state index in [2.05, 4.69) is 24.1 Å². The van der Waals surface area contributed by atoms with Crippen LogP contribution in [0.1, 0.15) is 43.4 Å². The number of pyridine rings is 1. The summed E-state index contributed by atoms with van der Waals surface area (Å²) in [6.07, 6.45) is 4.65. The van der Waals surface area contributed by atoms with E-state index >= 15 is 0 Å². The zero-order valence-corrected chi connectivity index (χ0v) is 12.0. The molecule has 0 saturated carbocycles. The third-order valence-corrected chi connectivity index (χ3v) is 3.55. The zero-order valence-electron chi connectivity index (χ0n) is 12.0. The highest BCUT2D eigenvalue weighted by atomic mass is 19.1. The minimum Gasteiger partial charge on any atom is -0.309 e. The summed E-state index contributed by atoms with van der Waals surface area (Å²) < 4.78 is 13.5. The third kappa shape index (κ3) is 3.64. The predicted molar refractivity (Wildman–Crippen MR) is 80.1 cm³/mol. The highest BCUT2D eigenvalue weighted by Crippen LogP contribution is 2.30. The molecule has 1 N–H and O–H groups in total. The van der Waals surface area contributed by atoms with Gasteiger partial charge in [0, 0.05) is 24.4 Å². The lowest BCUT2D eigenvalue weighted by Crippen LogP contribution is -2.26. The fourth-order valence-corrected chi connectivity index (χ4v) is 2.44. The van der Waals surface area contributed by atoms with Crippen LogP contribution in [-0.2, 0) is 0 Å². The van der Waals surface area contributed by atoms with Crippen LogP contribution < -0.4 is 5.32 Å². The van der Waals surface area contributed by atoms with Crippen LogP contribution in [0.4, 0.5) is 4.39 Å². The van der Waals surface area contributed by atoms with E-state index in [0.717, 1.165) is 18.5 Å². The van der Waals surface area contributed by atoms with Gasteiger partial charge in [-0.15, -0.1) is 0 Å². The lowest BCUT2D eigenvalue weighted by atomic mass is 9.89. The van der Waals surface area contributed by atoms with Gasteiger partial charge in [-0.2, -0.15) is 0 Å². The Hall–Kier alpha value is -1.74. The topological polar surface area (TPSA) is 24.9 Å². The van der Waals surface area contributed by atoms with E-state index in [1.165, 1.54) is 11.6 Å². The summed E-state index contributed by atoms with van der Waals surface area (Å²) in [5.41, 5.74) is 2.20. The largest absolute Gasteiger partial charge is 0.309 e. The van der Waals surface area contributed by atoms with Crippen LogP contribution in [0.25, 0.3) is 0 Å². The summed E-state index contributed by atoms with van der Waals surface area (Å²) in [7, 11) is 0. The van der Waals surface area contributed by atoms with Crippen LogP contribution in [0.15, 0.2) is 48.8 Å². The van der Waals surface area contributed by atoms with Crippen molar-refractivity contribution in [1.29, 1.82) is 0 Å². The molecule has 1 heterocycles. The first-order valence-corrected chi connectivity index (χ1v) is 7.11. The molecule has 0 aliphatic rings. The van der Waals surface area contributed by atoms with E-state index in [1.54, 1.807) is 24.5 Å². The van der Waals surface area contributed by atoms with Crippen molar-refractivity contribution in [3.05, 3.63) is 65.7 Å². The fourth-order valence-electron chi connectivity index (χ4n) is 2.44. The molecule has 20 heavy (non-hydrogen) atoms. The molecule has 2 rings (SSSR count). The van der Waals surface area contributed by atoms with E-state index in [1.807, 2.05) is 18.2 Å². The predicted octanol–water partition coefficient (Wildman–Crippen LogP) is 4.07. The van der Waals surface area contributed by atoms with Crippen molar-refractivity contribution in [2.75, 3.05) is 6.54 Å². The van der Waals surface area contributed by atoms with Crippen molar-refractivity contribution in [3.63, 3.8) is 0 Å². The quantitative estimate of drug-likeness (QED) is 0.857. The van der Waals surface area contributed by atoms with Gasteiger partial charge in [0.15, 0.2) is 0 Å². The fraction of sp³-hybridized carbons (Fsp3) is 0.353.